The Morgan fingerprint density at radius 1 is 1.11 bits per heavy atom. The lowest BCUT2D eigenvalue weighted by atomic mass is 10.2. The molecular formula is C24H28N6O4S. The van der Waals surface area contributed by atoms with Gasteiger partial charge in [-0.3, -0.25) is 14.2 Å². The second-order valence-corrected chi connectivity index (χ2v) is 9.98. The summed E-state index contributed by atoms with van der Waals surface area (Å²) < 4.78 is 10.1. The number of fused-ring (bicyclic) bond motifs is 3. The molecule has 1 amide bonds. The number of hydrogen-bond donors (Lipinski definition) is 0. The molecule has 4 aromatic rings. The highest BCUT2D eigenvalue weighted by molar-refractivity contribution is 7.17. The van der Waals surface area contributed by atoms with Gasteiger partial charge in [0.05, 0.1) is 18.3 Å². The number of rotatable bonds is 6. The molecule has 0 N–H and O–H groups in total. The summed E-state index contributed by atoms with van der Waals surface area (Å²) >= 11 is 1.31. The van der Waals surface area contributed by atoms with Crippen LogP contribution in [0.3, 0.4) is 0 Å². The molecule has 4 heterocycles. The monoisotopic (exact) mass is 496 g/mol. The molecule has 0 saturated carbocycles. The molecule has 10 nitrogen and oxygen atoms in total. The zero-order valence-corrected chi connectivity index (χ0v) is 20.8. The highest BCUT2D eigenvalue weighted by atomic mass is 32.1. The van der Waals surface area contributed by atoms with Crippen molar-refractivity contribution in [2.45, 2.75) is 26.9 Å². The number of carbonyl (C=O) groups excluding carboxylic acids is 1. The summed E-state index contributed by atoms with van der Waals surface area (Å²) in [7, 11) is 1.65. The van der Waals surface area contributed by atoms with Crippen LogP contribution in [0.1, 0.15) is 13.8 Å². The Morgan fingerprint density at radius 3 is 2.57 bits per heavy atom. The first-order valence-electron chi connectivity index (χ1n) is 11.6. The number of carbonyl (C=O) groups is 1. The standard InChI is InChI=1S/C24H28N6O4S/c1-16(2)14-28-22(32)21-18(8-13-35-21)30-23(28)25-29(24(30)33)15-20(31)27-11-9-26(10-12-27)17-6-4-5-7-19(17)34-3/h4-8,13,16H,9-12,14-15H2,1-3H3. The molecule has 0 atom stereocenters. The molecule has 5 rings (SSSR count). The van der Waals surface area contributed by atoms with Gasteiger partial charge in [0, 0.05) is 32.7 Å². The fraction of sp³-hybridized carbons (Fsp3) is 0.417. The highest BCUT2D eigenvalue weighted by Crippen LogP contribution is 2.28. The maximum Gasteiger partial charge on any atom is 0.352 e. The van der Waals surface area contributed by atoms with E-state index in [1.165, 1.54) is 25.0 Å². The van der Waals surface area contributed by atoms with E-state index in [-0.39, 0.29) is 29.7 Å². The van der Waals surface area contributed by atoms with Gasteiger partial charge in [0.25, 0.3) is 5.56 Å². The lowest BCUT2D eigenvalue weighted by molar-refractivity contribution is -0.132. The van der Waals surface area contributed by atoms with Crippen LogP contribution in [0.2, 0.25) is 0 Å². The third-order valence-corrected chi connectivity index (χ3v) is 7.17. The number of nitrogens with zero attached hydrogens (tertiary/aromatic N) is 6. The van der Waals surface area contributed by atoms with E-state index >= 15 is 0 Å². The van der Waals surface area contributed by atoms with Crippen LogP contribution in [0.15, 0.2) is 45.3 Å². The van der Waals surface area contributed by atoms with Gasteiger partial charge in [-0.05, 0) is 29.5 Å². The molecule has 1 aliphatic heterocycles. The Hall–Kier alpha value is -3.60. The maximum absolute atomic E-state index is 13.3. The zero-order chi connectivity index (χ0) is 24.7. The number of methoxy groups -OCH3 is 1. The number of anilines is 1. The first kappa shape index (κ1) is 23.2. The van der Waals surface area contributed by atoms with Gasteiger partial charge in [-0.1, -0.05) is 26.0 Å². The van der Waals surface area contributed by atoms with Crippen molar-refractivity contribution < 1.29 is 9.53 Å². The normalized spacial score (nSPS) is 14.4. The molecule has 0 radical (unpaired) electrons. The number of thiophene rings is 1. The van der Waals surface area contributed by atoms with Gasteiger partial charge in [-0.15, -0.1) is 16.4 Å². The van der Waals surface area contributed by atoms with Gasteiger partial charge in [0.15, 0.2) is 0 Å². The first-order valence-corrected chi connectivity index (χ1v) is 12.5. The SMILES string of the molecule is COc1ccccc1N1CCN(C(=O)Cn2nc3n(CC(C)C)c(=O)c4sccc4n3c2=O)CC1. The molecule has 0 unspecified atom stereocenters. The summed E-state index contributed by atoms with van der Waals surface area (Å²) in [6.45, 7) is 6.67. The molecule has 35 heavy (non-hydrogen) atoms. The molecule has 11 heteroatoms. The Kier molecular flexibility index (Phi) is 6.10. The molecule has 1 fully saturated rings. The summed E-state index contributed by atoms with van der Waals surface area (Å²) in [6.07, 6.45) is 0. The van der Waals surface area contributed by atoms with Crippen molar-refractivity contribution in [3.8, 4) is 5.75 Å². The molecule has 0 aliphatic carbocycles. The van der Waals surface area contributed by atoms with E-state index in [1.54, 1.807) is 23.5 Å². The van der Waals surface area contributed by atoms with E-state index in [4.69, 9.17) is 4.74 Å². The van der Waals surface area contributed by atoms with Gasteiger partial charge in [0.2, 0.25) is 11.7 Å². The maximum atomic E-state index is 13.3. The summed E-state index contributed by atoms with van der Waals surface area (Å²) in [4.78, 5) is 43.4. The number of aromatic nitrogens is 4. The van der Waals surface area contributed by atoms with E-state index in [1.807, 2.05) is 38.1 Å². The van der Waals surface area contributed by atoms with Crippen LogP contribution in [-0.4, -0.2) is 62.8 Å². The average molecular weight is 497 g/mol. The third-order valence-electron chi connectivity index (χ3n) is 6.28. The van der Waals surface area contributed by atoms with Crippen LogP contribution in [0.25, 0.3) is 16.0 Å². The second-order valence-electron chi connectivity index (χ2n) is 9.06. The molecule has 3 aromatic heterocycles. The van der Waals surface area contributed by atoms with Crippen molar-refractivity contribution in [2.24, 2.45) is 5.92 Å². The van der Waals surface area contributed by atoms with Crippen LogP contribution in [0, 0.1) is 5.92 Å². The lowest BCUT2D eigenvalue weighted by Gasteiger charge is -2.36. The molecule has 0 spiro atoms. The number of ether oxygens (including phenoxy) is 1. The smallest absolute Gasteiger partial charge is 0.352 e. The van der Waals surface area contributed by atoms with Crippen LogP contribution in [0.4, 0.5) is 5.69 Å². The largest absolute Gasteiger partial charge is 0.495 e. The van der Waals surface area contributed by atoms with E-state index in [0.717, 1.165) is 11.4 Å². The Balaban J connectivity index is 1.39. The second kappa shape index (κ2) is 9.21. The van der Waals surface area contributed by atoms with E-state index in [2.05, 4.69) is 10.00 Å². The molecule has 184 valence electrons. The average Bonchev–Trinajstić information content (AvgIpc) is 3.46. The van der Waals surface area contributed by atoms with Crippen molar-refractivity contribution in [3.05, 3.63) is 56.5 Å². The lowest BCUT2D eigenvalue weighted by Crippen LogP contribution is -2.50. The molecule has 1 aliphatic rings. The van der Waals surface area contributed by atoms with Gasteiger partial charge < -0.3 is 14.5 Å². The summed E-state index contributed by atoms with van der Waals surface area (Å²) in [5.41, 5.74) is 0.958. The third kappa shape index (κ3) is 4.09. The van der Waals surface area contributed by atoms with E-state index in [0.29, 0.717) is 42.9 Å². The minimum absolute atomic E-state index is 0.160. The fourth-order valence-electron chi connectivity index (χ4n) is 4.58. The molecule has 0 bridgehead atoms. The Labute approximate surface area is 205 Å². The number of para-hydroxylation sites is 2. The molecular weight excluding hydrogens is 468 g/mol. The van der Waals surface area contributed by atoms with E-state index in [9.17, 15) is 14.4 Å². The van der Waals surface area contributed by atoms with Crippen LogP contribution >= 0.6 is 11.3 Å². The van der Waals surface area contributed by atoms with Gasteiger partial charge in [-0.25, -0.2) is 13.9 Å². The summed E-state index contributed by atoms with van der Waals surface area (Å²) in [5.74, 6) is 1.09. The van der Waals surface area contributed by atoms with Crippen molar-refractivity contribution in [1.82, 2.24) is 23.6 Å². The number of amides is 1. The summed E-state index contributed by atoms with van der Waals surface area (Å²) in [6, 6.07) is 9.58. The Bertz CT molecular complexity index is 1510. The molecule has 1 aromatic carbocycles. The highest BCUT2D eigenvalue weighted by Gasteiger charge is 2.25. The Morgan fingerprint density at radius 2 is 1.86 bits per heavy atom. The fourth-order valence-corrected chi connectivity index (χ4v) is 5.41. The minimum Gasteiger partial charge on any atom is -0.495 e. The number of benzene rings is 1. The topological polar surface area (TPSA) is 94.1 Å². The van der Waals surface area contributed by atoms with Gasteiger partial charge >= 0.3 is 5.69 Å². The quantitative estimate of drug-likeness (QED) is 0.405. The summed E-state index contributed by atoms with van der Waals surface area (Å²) in [5, 5.41) is 6.23. The van der Waals surface area contributed by atoms with Crippen molar-refractivity contribution in [1.29, 1.82) is 0 Å². The predicted octanol–water partition coefficient (Wildman–Crippen LogP) is 1.89. The van der Waals surface area contributed by atoms with E-state index < -0.39 is 5.69 Å². The van der Waals surface area contributed by atoms with Gasteiger partial charge in [0.1, 0.15) is 17.0 Å². The minimum atomic E-state index is -0.415. The number of hydrogen-bond acceptors (Lipinski definition) is 7. The number of piperazine rings is 1. The van der Waals surface area contributed by atoms with Crippen LogP contribution < -0.4 is 20.9 Å². The van der Waals surface area contributed by atoms with Crippen molar-refractivity contribution in [2.75, 3.05) is 38.2 Å². The van der Waals surface area contributed by atoms with Crippen LogP contribution in [-0.2, 0) is 17.9 Å². The van der Waals surface area contributed by atoms with Crippen molar-refractivity contribution >= 4 is 38.9 Å². The first-order chi connectivity index (χ1) is 16.9. The zero-order valence-electron chi connectivity index (χ0n) is 20.0. The van der Waals surface area contributed by atoms with Crippen LogP contribution in [0.5, 0.6) is 5.75 Å². The van der Waals surface area contributed by atoms with Gasteiger partial charge in [-0.2, -0.15) is 0 Å². The molecule has 1 saturated heterocycles. The van der Waals surface area contributed by atoms with Crippen molar-refractivity contribution in [3.63, 3.8) is 0 Å². The predicted molar refractivity (Wildman–Crippen MR) is 136 cm³/mol.